The summed E-state index contributed by atoms with van der Waals surface area (Å²) in [5.74, 6) is 0.352. The van der Waals surface area contributed by atoms with Crippen LogP contribution in [0.1, 0.15) is 6.92 Å². The van der Waals surface area contributed by atoms with E-state index in [1.165, 1.54) is 0 Å². The quantitative estimate of drug-likeness (QED) is 0.675. The maximum Gasteiger partial charge on any atom is 0.106 e. The first-order valence-electron chi connectivity index (χ1n) is 3.84. The maximum atomic E-state index is 5.54. The number of rotatable bonds is 2. The Bertz CT molecular complexity index is 166. The van der Waals surface area contributed by atoms with Crippen LogP contribution >= 0.6 is 24.8 Å². The van der Waals surface area contributed by atoms with Crippen molar-refractivity contribution < 1.29 is 4.84 Å². The molecule has 6 heteroatoms. The first-order valence-corrected chi connectivity index (χ1v) is 3.84. The van der Waals surface area contributed by atoms with Crippen molar-refractivity contribution in [1.82, 2.24) is 5.32 Å². The summed E-state index contributed by atoms with van der Waals surface area (Å²) in [5, 5.41) is 7.20. The number of hydrogen-bond donors (Lipinski definition) is 2. The Labute approximate surface area is 91.1 Å². The van der Waals surface area contributed by atoms with Crippen LogP contribution in [0.2, 0.25) is 0 Å². The van der Waals surface area contributed by atoms with Gasteiger partial charge in [-0.1, -0.05) is 5.16 Å². The molecule has 1 aliphatic heterocycles. The predicted molar refractivity (Wildman–Crippen MR) is 58.9 cm³/mol. The van der Waals surface area contributed by atoms with Crippen molar-refractivity contribution in [2.45, 2.75) is 13.0 Å². The van der Waals surface area contributed by atoms with E-state index in [0.717, 1.165) is 12.3 Å². The zero-order chi connectivity index (χ0) is 8.27. The second-order valence-corrected chi connectivity index (χ2v) is 2.76. The Hall–Kier alpha value is -0.0300. The fraction of sp³-hybridized carbons (Fsp3) is 0.857. The molecule has 1 saturated heterocycles. The minimum absolute atomic E-state index is 0. The topological polar surface area (TPSA) is 59.6 Å². The van der Waals surface area contributed by atoms with Crippen LogP contribution in [-0.4, -0.2) is 32.0 Å². The Morgan fingerprint density at radius 2 is 2.23 bits per heavy atom. The smallest absolute Gasteiger partial charge is 0.106 e. The van der Waals surface area contributed by atoms with Crippen molar-refractivity contribution >= 4 is 30.5 Å². The van der Waals surface area contributed by atoms with E-state index in [9.17, 15) is 0 Å². The number of nitrogens with two attached hydrogens (primary N) is 1. The van der Waals surface area contributed by atoms with Gasteiger partial charge in [0.15, 0.2) is 0 Å². The van der Waals surface area contributed by atoms with Crippen LogP contribution in [-0.2, 0) is 4.84 Å². The monoisotopic (exact) mass is 229 g/mol. The predicted octanol–water partition coefficient (Wildman–Crippen LogP) is 0.399. The van der Waals surface area contributed by atoms with Gasteiger partial charge in [0, 0.05) is 25.0 Å². The van der Waals surface area contributed by atoms with Gasteiger partial charge in [-0.25, -0.2) is 0 Å². The second-order valence-electron chi connectivity index (χ2n) is 2.76. The molecule has 0 aromatic heterocycles. The summed E-state index contributed by atoms with van der Waals surface area (Å²) in [6, 6.07) is 0.309. The summed E-state index contributed by atoms with van der Waals surface area (Å²) < 4.78 is 0. The molecule has 1 fully saturated rings. The van der Waals surface area contributed by atoms with Crippen molar-refractivity contribution in [3.8, 4) is 0 Å². The van der Waals surface area contributed by atoms with Gasteiger partial charge < -0.3 is 15.9 Å². The number of halogens is 2. The minimum atomic E-state index is 0. The van der Waals surface area contributed by atoms with Crippen LogP contribution in [0.25, 0.3) is 0 Å². The molecule has 13 heavy (non-hydrogen) atoms. The fourth-order valence-electron chi connectivity index (χ4n) is 1.34. The number of nitrogens with zero attached hydrogens (tertiary/aromatic N) is 1. The van der Waals surface area contributed by atoms with Crippen molar-refractivity contribution in [1.29, 1.82) is 0 Å². The third-order valence-electron chi connectivity index (χ3n) is 2.01. The molecule has 2 atom stereocenters. The summed E-state index contributed by atoms with van der Waals surface area (Å²) in [7, 11) is 1.56. The molecule has 0 bridgehead atoms. The van der Waals surface area contributed by atoms with Gasteiger partial charge in [0.2, 0.25) is 0 Å². The van der Waals surface area contributed by atoms with E-state index in [1.807, 2.05) is 0 Å². The molecule has 0 amide bonds. The molecule has 0 saturated carbocycles. The molecule has 1 rings (SSSR count). The van der Waals surface area contributed by atoms with Crippen LogP contribution < -0.4 is 11.1 Å². The second kappa shape index (κ2) is 7.38. The Balaban J connectivity index is 0. The van der Waals surface area contributed by atoms with E-state index < -0.39 is 0 Å². The highest BCUT2D eigenvalue weighted by Gasteiger charge is 2.27. The normalized spacial score (nSPS) is 29.3. The van der Waals surface area contributed by atoms with E-state index >= 15 is 0 Å². The van der Waals surface area contributed by atoms with E-state index in [2.05, 4.69) is 17.4 Å². The van der Waals surface area contributed by atoms with Crippen LogP contribution in [0, 0.1) is 5.92 Å². The lowest BCUT2D eigenvalue weighted by Crippen LogP contribution is -2.25. The third kappa shape index (κ3) is 3.68. The summed E-state index contributed by atoms with van der Waals surface area (Å²) in [4.78, 5) is 4.72. The van der Waals surface area contributed by atoms with E-state index in [4.69, 9.17) is 10.6 Å². The highest BCUT2D eigenvalue weighted by Crippen LogP contribution is 2.09. The van der Waals surface area contributed by atoms with Crippen LogP contribution in [0.4, 0.5) is 0 Å². The number of hydrogen-bond acceptors (Lipinski definition) is 4. The van der Waals surface area contributed by atoms with Gasteiger partial charge in [-0.05, 0) is 6.92 Å². The zero-order valence-electron chi connectivity index (χ0n) is 7.82. The van der Waals surface area contributed by atoms with Crippen molar-refractivity contribution in [3.05, 3.63) is 0 Å². The van der Waals surface area contributed by atoms with Gasteiger partial charge in [-0.2, -0.15) is 0 Å². The first-order chi connectivity index (χ1) is 5.29. The fourth-order valence-corrected chi connectivity index (χ4v) is 1.34. The van der Waals surface area contributed by atoms with Gasteiger partial charge >= 0.3 is 0 Å². The molecule has 0 spiro atoms. The lowest BCUT2D eigenvalue weighted by Gasteiger charge is -2.07. The number of nitrogens with one attached hydrogen (secondary N) is 1. The first kappa shape index (κ1) is 15.4. The molecule has 1 unspecified atom stereocenters. The van der Waals surface area contributed by atoms with Gasteiger partial charge in [-0.3, -0.25) is 0 Å². The van der Waals surface area contributed by atoms with Crippen LogP contribution in [0.3, 0.4) is 0 Å². The summed E-state index contributed by atoms with van der Waals surface area (Å²) in [6.45, 7) is 3.62. The molecule has 0 aromatic rings. The molecule has 0 radical (unpaired) electrons. The van der Waals surface area contributed by atoms with E-state index in [1.54, 1.807) is 7.11 Å². The highest BCUT2D eigenvalue weighted by molar-refractivity contribution is 5.93. The van der Waals surface area contributed by atoms with Gasteiger partial charge in [0.1, 0.15) is 7.11 Å². The molecule has 0 aliphatic carbocycles. The molecule has 80 valence electrons. The van der Waals surface area contributed by atoms with Crippen molar-refractivity contribution in [3.63, 3.8) is 0 Å². The zero-order valence-corrected chi connectivity index (χ0v) is 9.45. The molecule has 0 aromatic carbocycles. The molecular formula is C7H17Cl2N3O. The average molecular weight is 230 g/mol. The van der Waals surface area contributed by atoms with Gasteiger partial charge in [-0.15, -0.1) is 24.8 Å². The summed E-state index contributed by atoms with van der Waals surface area (Å²) >= 11 is 0. The highest BCUT2D eigenvalue weighted by atomic mass is 35.5. The largest absolute Gasteiger partial charge is 0.399 e. The Morgan fingerprint density at radius 3 is 2.69 bits per heavy atom. The van der Waals surface area contributed by atoms with Crippen LogP contribution in [0.5, 0.6) is 0 Å². The van der Waals surface area contributed by atoms with E-state index in [-0.39, 0.29) is 24.8 Å². The molecular weight excluding hydrogens is 213 g/mol. The standard InChI is InChI=1S/C7H15N3O.2ClH/c1-5-7(10-11-2)6(3-8)4-9-5;;/h5-6,9H,3-4,8H2,1-2H3;2*1H/t5-,6?;;/m0../s1. The Morgan fingerprint density at radius 1 is 1.62 bits per heavy atom. The van der Waals surface area contributed by atoms with Gasteiger partial charge in [0.05, 0.1) is 5.71 Å². The minimum Gasteiger partial charge on any atom is -0.399 e. The molecule has 1 heterocycles. The SMILES string of the molecule is CON=C1C(CN)CN[C@H]1C.Cl.Cl. The third-order valence-corrected chi connectivity index (χ3v) is 2.01. The molecule has 3 N–H and O–H groups in total. The van der Waals surface area contributed by atoms with E-state index in [0.29, 0.717) is 18.5 Å². The molecule has 4 nitrogen and oxygen atoms in total. The number of oxime groups is 1. The summed E-state index contributed by atoms with van der Waals surface area (Å²) in [6.07, 6.45) is 0. The van der Waals surface area contributed by atoms with Crippen LogP contribution in [0.15, 0.2) is 5.16 Å². The maximum absolute atomic E-state index is 5.54. The van der Waals surface area contributed by atoms with Crippen molar-refractivity contribution in [2.24, 2.45) is 16.8 Å². The lowest BCUT2D eigenvalue weighted by atomic mass is 10.0. The lowest BCUT2D eigenvalue weighted by molar-refractivity contribution is 0.211. The molecule has 1 aliphatic rings. The summed E-state index contributed by atoms with van der Waals surface area (Å²) in [5.41, 5.74) is 6.58. The van der Waals surface area contributed by atoms with Crippen molar-refractivity contribution in [2.75, 3.05) is 20.2 Å². The Kier molecular flexibility index (Phi) is 8.77. The average Bonchev–Trinajstić information content (AvgIpc) is 2.34. The van der Waals surface area contributed by atoms with Gasteiger partial charge in [0.25, 0.3) is 0 Å².